The highest BCUT2D eigenvalue weighted by atomic mass is 35.5. The topological polar surface area (TPSA) is 26.3 Å². The van der Waals surface area contributed by atoms with E-state index < -0.39 is 0 Å². The minimum Gasteiger partial charge on any atom is -1.00 e. The molecule has 2 atom stereocenters. The van der Waals surface area contributed by atoms with Crippen LogP contribution in [0.25, 0.3) is 0 Å². The molecule has 0 bridgehead atoms. The molecule has 0 saturated carbocycles. The van der Waals surface area contributed by atoms with Gasteiger partial charge in [0.05, 0.1) is 0 Å². The molecule has 0 N–H and O–H groups in total. The van der Waals surface area contributed by atoms with Crippen LogP contribution >= 0.6 is 0 Å². The van der Waals surface area contributed by atoms with Crippen molar-refractivity contribution in [1.82, 2.24) is 0 Å². The summed E-state index contributed by atoms with van der Waals surface area (Å²) in [5.74, 6) is -0.300. The zero-order valence-electron chi connectivity index (χ0n) is 15.9. The van der Waals surface area contributed by atoms with E-state index in [1.165, 1.54) is 44.6 Å². The lowest BCUT2D eigenvalue weighted by molar-refractivity contribution is -1.12. The lowest BCUT2D eigenvalue weighted by Crippen LogP contribution is -3.00. The zero-order valence-corrected chi connectivity index (χ0v) is 16.7. The van der Waals surface area contributed by atoms with Crippen molar-refractivity contribution in [3.05, 3.63) is 12.7 Å². The predicted molar refractivity (Wildman–Crippen MR) is 94.3 cm³/mol. The maximum atomic E-state index is 11.9. The lowest BCUT2D eigenvalue weighted by atomic mass is 10.0. The van der Waals surface area contributed by atoms with Crippen molar-refractivity contribution >= 4 is 5.97 Å². The number of carbonyl (C=O) groups excluding carboxylic acids is 1. The van der Waals surface area contributed by atoms with Crippen LogP contribution < -0.4 is 12.4 Å². The smallest absolute Gasteiger partial charge is 0.389 e. The number of rotatable bonds is 13. The summed E-state index contributed by atoms with van der Waals surface area (Å²) in [6.45, 7) is 15.4. The average Bonchev–Trinajstić information content (AvgIpc) is 2.52. The fraction of sp³-hybridized carbons (Fsp3) is 0.842. The first-order valence-electron chi connectivity index (χ1n) is 9.21. The van der Waals surface area contributed by atoms with Crippen LogP contribution in [-0.4, -0.2) is 29.2 Å². The van der Waals surface area contributed by atoms with Crippen LogP contribution in [0.3, 0.4) is 0 Å². The summed E-state index contributed by atoms with van der Waals surface area (Å²) in [4.78, 5) is 17.8. The van der Waals surface area contributed by atoms with Gasteiger partial charge in [0.25, 0.3) is 0 Å². The first kappa shape index (κ1) is 24.7. The third-order valence-electron chi connectivity index (χ3n) is 4.86. The Hall–Kier alpha value is -0.540. The van der Waals surface area contributed by atoms with E-state index in [1.54, 1.807) is 0 Å². The Morgan fingerprint density at radius 2 is 1.43 bits per heavy atom. The van der Waals surface area contributed by atoms with Crippen molar-refractivity contribution < 1.29 is 26.7 Å². The summed E-state index contributed by atoms with van der Waals surface area (Å²) >= 11 is 0. The van der Waals surface area contributed by atoms with Gasteiger partial charge in [0, 0.05) is 18.9 Å². The maximum Gasteiger partial charge on any atom is 0.389 e. The average molecular weight is 348 g/mol. The molecule has 0 aromatic heterocycles. The van der Waals surface area contributed by atoms with Crippen molar-refractivity contribution in [2.24, 2.45) is 0 Å². The van der Waals surface area contributed by atoms with Crippen molar-refractivity contribution in [3.8, 4) is 0 Å². The maximum absolute atomic E-state index is 11.9. The molecule has 2 unspecified atom stereocenters. The van der Waals surface area contributed by atoms with Gasteiger partial charge < -0.3 is 12.4 Å². The minimum absolute atomic E-state index is 0. The van der Waals surface area contributed by atoms with Crippen molar-refractivity contribution in [1.29, 1.82) is 0 Å². The van der Waals surface area contributed by atoms with Crippen LogP contribution in [0.5, 0.6) is 0 Å². The molecular formula is C19H38ClNO2. The summed E-state index contributed by atoms with van der Waals surface area (Å²) in [5.41, 5.74) is 0. The van der Waals surface area contributed by atoms with Crippen LogP contribution in [0.15, 0.2) is 12.7 Å². The third-order valence-corrected chi connectivity index (χ3v) is 4.86. The highest BCUT2D eigenvalue weighted by Crippen LogP contribution is 2.28. The van der Waals surface area contributed by atoms with E-state index in [-0.39, 0.29) is 18.4 Å². The second-order valence-corrected chi connectivity index (χ2v) is 6.47. The van der Waals surface area contributed by atoms with Crippen LogP contribution in [-0.2, 0) is 9.63 Å². The second-order valence-electron chi connectivity index (χ2n) is 6.47. The van der Waals surface area contributed by atoms with Crippen LogP contribution in [0.4, 0.5) is 0 Å². The van der Waals surface area contributed by atoms with Gasteiger partial charge in [-0.25, -0.2) is 4.79 Å². The van der Waals surface area contributed by atoms with Crippen molar-refractivity contribution in [2.45, 2.75) is 98.1 Å². The molecule has 138 valence electrons. The van der Waals surface area contributed by atoms with Gasteiger partial charge in [0.15, 0.2) is 0 Å². The molecule has 0 aliphatic carbocycles. The zero-order chi connectivity index (χ0) is 17.0. The number of hydrogen-bond donors (Lipinski definition) is 0. The molecule has 4 heteroatoms. The molecule has 0 radical (unpaired) electrons. The molecule has 0 aromatic carbocycles. The molecule has 3 nitrogen and oxygen atoms in total. The Bertz CT molecular complexity index is 304. The summed E-state index contributed by atoms with van der Waals surface area (Å²) in [6.07, 6.45) is 10.8. The molecule has 23 heavy (non-hydrogen) atoms. The van der Waals surface area contributed by atoms with Gasteiger partial charge >= 0.3 is 5.97 Å². The number of unbranched alkanes of at least 4 members (excludes halogenated alkanes) is 4. The van der Waals surface area contributed by atoms with Crippen molar-refractivity contribution in [3.63, 3.8) is 0 Å². The molecule has 0 aliphatic heterocycles. The Morgan fingerprint density at radius 3 is 1.74 bits per heavy atom. The minimum atomic E-state index is -0.300. The molecule has 0 aliphatic rings. The summed E-state index contributed by atoms with van der Waals surface area (Å²) in [7, 11) is 0. The standard InChI is InChI=1S/C19H38NO2.ClH/c1-7-11-13-15-17(5)20(10-4,22-19(21)9-3)18(6)16-14-12-8-2;/h9,17-18H,3,7-8,10-16H2,1-2,4-6H3;1H/q+1;/p-1. The first-order chi connectivity index (χ1) is 10.5. The largest absolute Gasteiger partial charge is 1.00 e. The monoisotopic (exact) mass is 347 g/mol. The molecule has 0 spiro atoms. The second kappa shape index (κ2) is 13.9. The predicted octanol–water partition coefficient (Wildman–Crippen LogP) is 2.41. The number of hydrogen-bond acceptors (Lipinski definition) is 2. The molecule has 0 rings (SSSR count). The summed E-state index contributed by atoms with van der Waals surface area (Å²) < 4.78 is 0.443. The van der Waals surface area contributed by atoms with Crippen LogP contribution in [0.2, 0.25) is 0 Å². The van der Waals surface area contributed by atoms with Gasteiger partial charge in [-0.15, -0.1) is 4.65 Å². The molecule has 0 fully saturated rings. The van der Waals surface area contributed by atoms with E-state index in [4.69, 9.17) is 4.84 Å². The number of halogens is 1. The molecule has 0 aromatic rings. The molecular weight excluding hydrogens is 310 g/mol. The van der Waals surface area contributed by atoms with Crippen molar-refractivity contribution in [2.75, 3.05) is 6.54 Å². The van der Waals surface area contributed by atoms with Gasteiger partial charge in [-0.2, -0.15) is 0 Å². The lowest BCUT2D eigenvalue weighted by Gasteiger charge is -2.43. The van der Waals surface area contributed by atoms with Gasteiger partial charge in [0.1, 0.15) is 18.6 Å². The Labute approximate surface area is 150 Å². The first-order valence-corrected chi connectivity index (χ1v) is 9.21. The molecule has 0 saturated heterocycles. The molecule has 0 amide bonds. The molecule has 0 heterocycles. The van der Waals surface area contributed by atoms with E-state index in [9.17, 15) is 4.79 Å². The number of quaternary nitrogens is 1. The van der Waals surface area contributed by atoms with Gasteiger partial charge in [-0.1, -0.05) is 46.1 Å². The quantitative estimate of drug-likeness (QED) is 0.221. The summed E-state index contributed by atoms with van der Waals surface area (Å²) in [5, 5.41) is 0. The number of carbonyl (C=O) groups is 1. The summed E-state index contributed by atoms with van der Waals surface area (Å²) in [6, 6.07) is 0.661. The van der Waals surface area contributed by atoms with E-state index >= 15 is 0 Å². The van der Waals surface area contributed by atoms with E-state index in [1.807, 2.05) is 0 Å². The van der Waals surface area contributed by atoms with Crippen LogP contribution in [0, 0.1) is 0 Å². The van der Waals surface area contributed by atoms with E-state index in [0.717, 1.165) is 19.4 Å². The van der Waals surface area contributed by atoms with E-state index in [2.05, 4.69) is 41.2 Å². The normalized spacial score (nSPS) is 15.9. The Morgan fingerprint density at radius 1 is 1.00 bits per heavy atom. The SMILES string of the molecule is C=CC(=O)O[N+](CC)(C(C)CCCCC)C(C)CCCCC.[Cl-]. The highest BCUT2D eigenvalue weighted by Gasteiger charge is 2.42. The fourth-order valence-electron chi connectivity index (χ4n) is 3.32. The van der Waals surface area contributed by atoms with Gasteiger partial charge in [-0.3, -0.25) is 4.84 Å². The van der Waals surface area contributed by atoms with E-state index in [0.29, 0.717) is 16.7 Å². The van der Waals surface area contributed by atoms with Gasteiger partial charge in [0.2, 0.25) is 0 Å². The van der Waals surface area contributed by atoms with Gasteiger partial charge in [-0.05, 0) is 33.6 Å². The Kier molecular flexibility index (Phi) is 14.9. The third kappa shape index (κ3) is 8.21. The fourth-order valence-corrected chi connectivity index (χ4v) is 3.32. The number of hydroxylamine groups is 3. The Balaban J connectivity index is 0. The highest BCUT2D eigenvalue weighted by molar-refractivity contribution is 5.80. The van der Waals surface area contributed by atoms with Crippen LogP contribution in [0.1, 0.15) is 86.0 Å². The number of nitrogens with zero attached hydrogens (tertiary/aromatic N) is 1.